The van der Waals surface area contributed by atoms with E-state index in [1.165, 1.54) is 0 Å². The molecule has 0 saturated carbocycles. The summed E-state index contributed by atoms with van der Waals surface area (Å²) in [6.07, 6.45) is -0.309. The van der Waals surface area contributed by atoms with E-state index in [9.17, 15) is 4.79 Å². The van der Waals surface area contributed by atoms with Gasteiger partial charge in [-0.15, -0.1) is 0 Å². The van der Waals surface area contributed by atoms with E-state index in [1.807, 2.05) is 24.3 Å². The van der Waals surface area contributed by atoms with Gasteiger partial charge in [0, 0.05) is 12.0 Å². The molecule has 0 atom stereocenters. The topological polar surface area (TPSA) is 73.9 Å². The molecule has 1 heterocycles. The number of benzene rings is 1. The second kappa shape index (κ2) is 4.00. The molecule has 0 aliphatic carbocycles. The van der Waals surface area contributed by atoms with E-state index in [4.69, 9.17) is 10.5 Å². The Morgan fingerprint density at radius 2 is 2.27 bits per heavy atom. The number of primary amides is 1. The summed E-state index contributed by atoms with van der Waals surface area (Å²) in [4.78, 5) is 14.8. The summed E-state index contributed by atoms with van der Waals surface area (Å²) >= 11 is 0. The molecule has 0 saturated heterocycles. The van der Waals surface area contributed by atoms with Crippen molar-refractivity contribution >= 4 is 11.8 Å². The maximum atomic E-state index is 10.4. The van der Waals surface area contributed by atoms with Crippen LogP contribution in [-0.2, 0) is 4.84 Å². The van der Waals surface area contributed by atoms with Gasteiger partial charge >= 0.3 is 6.09 Å². The lowest BCUT2D eigenvalue weighted by Gasteiger charge is -2.17. The minimum Gasteiger partial charge on any atom is -0.492 e. The molecule has 0 aromatic heterocycles. The molecular weight excluding hydrogens is 196 g/mol. The van der Waals surface area contributed by atoms with E-state index in [-0.39, 0.29) is 0 Å². The van der Waals surface area contributed by atoms with Crippen LogP contribution in [0.5, 0.6) is 5.75 Å². The molecule has 1 aliphatic rings. The molecule has 1 aromatic rings. The maximum absolute atomic E-state index is 10.4. The van der Waals surface area contributed by atoms with Crippen molar-refractivity contribution in [3.63, 3.8) is 0 Å². The molecule has 15 heavy (non-hydrogen) atoms. The standard InChI is InChI=1S/C10H10N2O3/c11-10(13)15-12-8-5-6-14-9-4-2-1-3-7(8)9/h1-4H,5-6H2,(H2,11,13)/b12-8+. The lowest BCUT2D eigenvalue weighted by Crippen LogP contribution is -2.18. The molecule has 0 fully saturated rings. The first-order valence-corrected chi connectivity index (χ1v) is 4.53. The zero-order chi connectivity index (χ0) is 10.7. The number of ether oxygens (including phenoxy) is 1. The predicted molar refractivity (Wildman–Crippen MR) is 53.8 cm³/mol. The normalized spacial score (nSPS) is 16.7. The second-order valence-electron chi connectivity index (χ2n) is 3.04. The van der Waals surface area contributed by atoms with Gasteiger partial charge in [-0.2, -0.15) is 0 Å². The van der Waals surface area contributed by atoms with Crippen molar-refractivity contribution in [1.29, 1.82) is 0 Å². The summed E-state index contributed by atoms with van der Waals surface area (Å²) in [6.45, 7) is 0.526. The molecule has 0 radical (unpaired) electrons. The van der Waals surface area contributed by atoms with E-state index in [1.54, 1.807) is 0 Å². The highest BCUT2D eigenvalue weighted by atomic mass is 16.7. The number of hydrogen-bond donors (Lipinski definition) is 1. The molecule has 2 rings (SSSR count). The van der Waals surface area contributed by atoms with Crippen molar-refractivity contribution in [2.45, 2.75) is 6.42 Å². The quantitative estimate of drug-likeness (QED) is 0.555. The van der Waals surface area contributed by atoms with Crippen LogP contribution >= 0.6 is 0 Å². The van der Waals surface area contributed by atoms with Gasteiger partial charge in [0.15, 0.2) is 0 Å². The van der Waals surface area contributed by atoms with Crippen LogP contribution in [0.2, 0.25) is 0 Å². The maximum Gasteiger partial charge on any atom is 0.430 e. The molecule has 1 aromatic carbocycles. The molecule has 1 aliphatic heterocycles. The monoisotopic (exact) mass is 206 g/mol. The van der Waals surface area contributed by atoms with E-state index in [2.05, 4.69) is 9.99 Å². The molecular formula is C10H10N2O3. The van der Waals surface area contributed by atoms with Crippen LogP contribution in [0.3, 0.4) is 0 Å². The Morgan fingerprint density at radius 1 is 1.47 bits per heavy atom. The van der Waals surface area contributed by atoms with Crippen LogP contribution in [-0.4, -0.2) is 18.4 Å². The van der Waals surface area contributed by atoms with Gasteiger partial charge in [-0.3, -0.25) is 4.84 Å². The fraction of sp³-hybridized carbons (Fsp3) is 0.200. The van der Waals surface area contributed by atoms with E-state index >= 15 is 0 Å². The Labute approximate surface area is 86.5 Å². The number of oxime groups is 1. The average Bonchev–Trinajstić information content (AvgIpc) is 2.26. The summed E-state index contributed by atoms with van der Waals surface area (Å²) in [5.41, 5.74) is 6.34. The van der Waals surface area contributed by atoms with Crippen LogP contribution in [0.1, 0.15) is 12.0 Å². The largest absolute Gasteiger partial charge is 0.492 e. The number of nitrogens with two attached hydrogens (primary N) is 1. The van der Waals surface area contributed by atoms with Crippen molar-refractivity contribution in [3.8, 4) is 5.75 Å². The highest BCUT2D eigenvalue weighted by molar-refractivity contribution is 6.03. The molecule has 0 spiro atoms. The highest BCUT2D eigenvalue weighted by Gasteiger charge is 2.16. The first kappa shape index (κ1) is 9.51. The van der Waals surface area contributed by atoms with Gasteiger partial charge in [0.1, 0.15) is 5.75 Å². The van der Waals surface area contributed by atoms with E-state index < -0.39 is 6.09 Å². The van der Waals surface area contributed by atoms with Gasteiger partial charge in [0.05, 0.1) is 12.3 Å². The van der Waals surface area contributed by atoms with Gasteiger partial charge in [0.25, 0.3) is 0 Å². The van der Waals surface area contributed by atoms with Gasteiger partial charge in [-0.25, -0.2) is 4.79 Å². The molecule has 5 heteroatoms. The second-order valence-corrected chi connectivity index (χ2v) is 3.04. The highest BCUT2D eigenvalue weighted by Crippen LogP contribution is 2.24. The number of carbonyl (C=O) groups is 1. The first-order valence-electron chi connectivity index (χ1n) is 4.53. The van der Waals surface area contributed by atoms with E-state index in [0.717, 1.165) is 11.3 Å². The third-order valence-corrected chi connectivity index (χ3v) is 2.04. The number of carbonyl (C=O) groups excluding carboxylic acids is 1. The van der Waals surface area contributed by atoms with Crippen LogP contribution in [0.15, 0.2) is 29.4 Å². The SMILES string of the molecule is NC(=O)O/N=C1\CCOc2ccccc21. The van der Waals surface area contributed by atoms with Gasteiger partial charge in [-0.05, 0) is 12.1 Å². The minimum absolute atomic E-state index is 0.526. The molecule has 0 unspecified atom stereocenters. The summed E-state index contributed by atoms with van der Waals surface area (Å²) in [7, 11) is 0. The number of fused-ring (bicyclic) bond motifs is 1. The van der Waals surface area contributed by atoms with Crippen molar-refractivity contribution in [2.75, 3.05) is 6.61 Å². The van der Waals surface area contributed by atoms with Crippen molar-refractivity contribution in [2.24, 2.45) is 10.9 Å². The Morgan fingerprint density at radius 3 is 3.07 bits per heavy atom. The molecule has 1 amide bonds. The molecule has 5 nitrogen and oxygen atoms in total. The van der Waals surface area contributed by atoms with Crippen LogP contribution in [0, 0.1) is 0 Å². The zero-order valence-corrected chi connectivity index (χ0v) is 7.97. The Bertz CT molecular complexity index is 415. The third-order valence-electron chi connectivity index (χ3n) is 2.04. The Balaban J connectivity index is 2.29. The Kier molecular flexibility index (Phi) is 2.53. The van der Waals surface area contributed by atoms with Crippen molar-refractivity contribution in [3.05, 3.63) is 29.8 Å². The lowest BCUT2D eigenvalue weighted by atomic mass is 10.0. The summed E-state index contributed by atoms with van der Waals surface area (Å²) in [6, 6.07) is 7.44. The van der Waals surface area contributed by atoms with Gasteiger partial charge < -0.3 is 10.5 Å². The van der Waals surface area contributed by atoms with Gasteiger partial charge in [-0.1, -0.05) is 17.3 Å². The molecule has 78 valence electrons. The van der Waals surface area contributed by atoms with E-state index in [0.29, 0.717) is 18.7 Å². The van der Waals surface area contributed by atoms with Crippen LogP contribution < -0.4 is 10.5 Å². The third kappa shape index (κ3) is 2.07. The molecule has 0 bridgehead atoms. The summed E-state index contributed by atoms with van der Waals surface area (Å²) in [5.74, 6) is 0.746. The van der Waals surface area contributed by atoms with Crippen LogP contribution in [0.4, 0.5) is 4.79 Å². The number of rotatable bonds is 1. The zero-order valence-electron chi connectivity index (χ0n) is 7.97. The number of hydrogen-bond acceptors (Lipinski definition) is 4. The number of nitrogens with zero attached hydrogens (tertiary/aromatic N) is 1. The summed E-state index contributed by atoms with van der Waals surface area (Å²) < 4.78 is 5.41. The average molecular weight is 206 g/mol. The fourth-order valence-corrected chi connectivity index (χ4v) is 1.42. The number of amides is 1. The lowest BCUT2D eigenvalue weighted by molar-refractivity contribution is 0.161. The molecule has 2 N–H and O–H groups in total. The van der Waals surface area contributed by atoms with Gasteiger partial charge in [0.2, 0.25) is 0 Å². The fourth-order valence-electron chi connectivity index (χ4n) is 1.42. The summed E-state index contributed by atoms with van der Waals surface area (Å²) in [5, 5.41) is 3.69. The first-order chi connectivity index (χ1) is 7.27. The smallest absolute Gasteiger partial charge is 0.430 e. The van der Waals surface area contributed by atoms with Crippen LogP contribution in [0.25, 0.3) is 0 Å². The Hall–Kier alpha value is -2.04. The van der Waals surface area contributed by atoms with Crippen molar-refractivity contribution < 1.29 is 14.4 Å². The van der Waals surface area contributed by atoms with Crippen molar-refractivity contribution in [1.82, 2.24) is 0 Å². The number of para-hydroxylation sites is 1. The minimum atomic E-state index is -0.911. The predicted octanol–water partition coefficient (Wildman–Crippen LogP) is 1.27.